The predicted molar refractivity (Wildman–Crippen MR) is 164 cm³/mol. The molecule has 0 fully saturated rings. The lowest BCUT2D eigenvalue weighted by atomic mass is 9.89. The highest BCUT2D eigenvalue weighted by molar-refractivity contribution is 6.07. The maximum atomic E-state index is 12.8. The van der Waals surface area contributed by atoms with E-state index in [1.807, 2.05) is 13.0 Å². The lowest BCUT2D eigenvalue weighted by Gasteiger charge is -2.24. The van der Waals surface area contributed by atoms with Crippen molar-refractivity contribution in [3.05, 3.63) is 11.6 Å². The quantitative estimate of drug-likeness (QED) is 0.0381. The summed E-state index contributed by atoms with van der Waals surface area (Å²) in [4.78, 5) is 36.0. The number of allylic oxidation sites excluding steroid dienone is 2. The summed E-state index contributed by atoms with van der Waals surface area (Å²) in [7, 11) is 0. The van der Waals surface area contributed by atoms with E-state index in [0.717, 1.165) is 44.9 Å². The summed E-state index contributed by atoms with van der Waals surface area (Å²) in [5.74, 6) is -3.92. The van der Waals surface area contributed by atoms with Crippen molar-refractivity contribution in [2.45, 2.75) is 155 Å². The molecule has 0 saturated heterocycles. The minimum Gasteiger partial charge on any atom is -0.479 e. The van der Waals surface area contributed by atoms with Gasteiger partial charge in [-0.25, -0.2) is 4.79 Å². The Hall–Kier alpha value is -1.81. The molecular weight excluding hydrogens is 540 g/mol. The number of carbonyl (C=O) groups excluding carboxylic acids is 2. The molecule has 0 aromatic rings. The summed E-state index contributed by atoms with van der Waals surface area (Å²) in [6.07, 6.45) is 12.9. The van der Waals surface area contributed by atoms with Gasteiger partial charge in [-0.1, -0.05) is 104 Å². The fourth-order valence-electron chi connectivity index (χ4n) is 5.30. The number of rotatable bonds is 26. The molecule has 9 heteroatoms. The first kappa shape index (κ1) is 40.2. The van der Waals surface area contributed by atoms with Crippen LogP contribution in [-0.2, 0) is 19.1 Å². The summed E-state index contributed by atoms with van der Waals surface area (Å²) in [5, 5.41) is 47.7. The Morgan fingerprint density at radius 2 is 1.29 bits per heavy atom. The van der Waals surface area contributed by atoms with Gasteiger partial charge in [0.15, 0.2) is 18.0 Å². The van der Waals surface area contributed by atoms with Crippen molar-refractivity contribution < 1.29 is 44.7 Å². The van der Waals surface area contributed by atoms with Crippen molar-refractivity contribution in [2.75, 3.05) is 6.61 Å². The number of carboxylic acids is 1. The number of aliphatic hydroxyl groups is 4. The molecule has 5 N–H and O–H groups in total. The maximum absolute atomic E-state index is 12.8. The molecule has 246 valence electrons. The second kappa shape index (κ2) is 23.6. The molecule has 0 bridgehead atoms. The molecule has 0 aliphatic heterocycles. The monoisotopic (exact) mass is 600 g/mol. The Morgan fingerprint density at radius 1 is 0.786 bits per heavy atom. The molecular formula is C33H60O9. The Balaban J connectivity index is 4.34. The predicted octanol–water partition coefficient (Wildman–Crippen LogP) is 5.35. The topological polar surface area (TPSA) is 162 Å². The number of carbonyl (C=O) groups is 3. The average Bonchev–Trinajstić information content (AvgIpc) is 2.95. The lowest BCUT2D eigenvalue weighted by Crippen LogP contribution is -2.46. The number of aliphatic carboxylic acids is 1. The van der Waals surface area contributed by atoms with Crippen LogP contribution < -0.4 is 0 Å². The van der Waals surface area contributed by atoms with Crippen LogP contribution in [0.15, 0.2) is 11.6 Å². The lowest BCUT2D eigenvalue weighted by molar-refractivity contribution is -0.176. The Morgan fingerprint density at radius 3 is 1.81 bits per heavy atom. The van der Waals surface area contributed by atoms with E-state index in [-0.39, 0.29) is 12.0 Å². The largest absolute Gasteiger partial charge is 0.479 e. The van der Waals surface area contributed by atoms with E-state index < -0.39 is 48.6 Å². The first-order valence-electron chi connectivity index (χ1n) is 16.2. The van der Waals surface area contributed by atoms with Gasteiger partial charge in [0.05, 0.1) is 12.7 Å². The van der Waals surface area contributed by atoms with Crippen LogP contribution in [0.2, 0.25) is 0 Å². The molecule has 0 aliphatic rings. The van der Waals surface area contributed by atoms with Crippen LogP contribution in [0.1, 0.15) is 131 Å². The van der Waals surface area contributed by atoms with Gasteiger partial charge < -0.3 is 30.3 Å². The van der Waals surface area contributed by atoms with Crippen LogP contribution in [0.4, 0.5) is 0 Å². The Bertz CT molecular complexity index is 781. The number of ketones is 1. The van der Waals surface area contributed by atoms with Crippen molar-refractivity contribution >= 4 is 17.7 Å². The van der Waals surface area contributed by atoms with E-state index in [4.69, 9.17) is 9.84 Å². The first-order valence-corrected chi connectivity index (χ1v) is 16.2. The molecule has 0 aromatic carbocycles. The van der Waals surface area contributed by atoms with E-state index in [9.17, 15) is 34.8 Å². The van der Waals surface area contributed by atoms with Gasteiger partial charge in [-0.2, -0.15) is 0 Å². The number of aliphatic hydroxyl groups excluding tert-OH is 4. The SMILES string of the molecule is CCCCCCCCCCC[C@@H](O)CCCC[C@H](C)C[C@@H](C)/C=C(\C)C(=O)[C@@H](C)C(=O)O[C@@H](CO)[C@@H](O)[C@H](O)C(=O)O. The molecule has 0 amide bonds. The summed E-state index contributed by atoms with van der Waals surface area (Å²) >= 11 is 0. The number of hydrogen-bond acceptors (Lipinski definition) is 8. The highest BCUT2D eigenvalue weighted by Crippen LogP contribution is 2.22. The molecule has 0 rings (SSSR count). The molecule has 0 unspecified atom stereocenters. The minimum atomic E-state index is -2.25. The van der Waals surface area contributed by atoms with Crippen LogP contribution in [0.25, 0.3) is 0 Å². The fourth-order valence-corrected chi connectivity index (χ4v) is 5.30. The summed E-state index contributed by atoms with van der Waals surface area (Å²) < 4.78 is 4.93. The van der Waals surface area contributed by atoms with Crippen LogP contribution in [0.3, 0.4) is 0 Å². The summed E-state index contributed by atoms with van der Waals surface area (Å²) in [5.41, 5.74) is 0.394. The molecule has 7 atom stereocenters. The van der Waals surface area contributed by atoms with Crippen LogP contribution in [-0.4, -0.2) is 74.3 Å². The molecule has 0 spiro atoms. The molecule has 0 saturated carbocycles. The number of ether oxygens (including phenoxy) is 1. The van der Waals surface area contributed by atoms with E-state index in [1.54, 1.807) is 6.92 Å². The summed E-state index contributed by atoms with van der Waals surface area (Å²) in [6.45, 7) is 8.47. The third kappa shape index (κ3) is 18.0. The van der Waals surface area contributed by atoms with Gasteiger partial charge in [0.2, 0.25) is 0 Å². The van der Waals surface area contributed by atoms with Crippen LogP contribution >= 0.6 is 0 Å². The van der Waals surface area contributed by atoms with Gasteiger partial charge in [0, 0.05) is 0 Å². The fraction of sp³-hybridized carbons (Fsp3) is 0.848. The van der Waals surface area contributed by atoms with Crippen molar-refractivity contribution in [3.63, 3.8) is 0 Å². The summed E-state index contributed by atoms with van der Waals surface area (Å²) in [6, 6.07) is 0. The number of carboxylic acid groups (broad SMARTS) is 1. The van der Waals surface area contributed by atoms with Gasteiger partial charge in [0.1, 0.15) is 12.0 Å². The normalized spacial score (nSPS) is 17.1. The first-order chi connectivity index (χ1) is 19.8. The number of Topliss-reactive ketones (excluding diaryl/α,β-unsaturated/α-hetero) is 1. The van der Waals surface area contributed by atoms with Gasteiger partial charge in [-0.15, -0.1) is 0 Å². The molecule has 0 aliphatic carbocycles. The van der Waals surface area contributed by atoms with Crippen LogP contribution in [0, 0.1) is 17.8 Å². The standard InChI is InChI=1S/C33H60O9/c1-6-7-8-9-10-11-12-13-14-18-27(35)19-16-15-17-23(2)20-24(3)21-25(4)29(36)26(5)33(41)42-28(22-34)30(37)31(38)32(39)40/h21,23-24,26-28,30-31,34-35,37-38H,6-20,22H2,1-5H3,(H,39,40)/b25-21+/t23-,24+,26+,27+,28-,30+,31-/m0/s1. The van der Waals surface area contributed by atoms with E-state index >= 15 is 0 Å². The second-order valence-corrected chi connectivity index (χ2v) is 12.2. The van der Waals surface area contributed by atoms with Crippen molar-refractivity contribution in [2.24, 2.45) is 17.8 Å². The van der Waals surface area contributed by atoms with Crippen LogP contribution in [0.5, 0.6) is 0 Å². The zero-order chi connectivity index (χ0) is 32.1. The van der Waals surface area contributed by atoms with Gasteiger partial charge in [0.25, 0.3) is 0 Å². The Labute approximate surface area is 253 Å². The minimum absolute atomic E-state index is 0.0992. The number of unbranched alkanes of at least 4 members (excludes halogenated alkanes) is 9. The molecule has 0 heterocycles. The smallest absolute Gasteiger partial charge is 0.335 e. The van der Waals surface area contributed by atoms with Gasteiger partial charge in [-0.05, 0) is 50.5 Å². The van der Waals surface area contributed by atoms with Crippen molar-refractivity contribution in [3.8, 4) is 0 Å². The molecule has 9 nitrogen and oxygen atoms in total. The average molecular weight is 601 g/mol. The van der Waals surface area contributed by atoms with Crippen molar-refractivity contribution in [1.29, 1.82) is 0 Å². The zero-order valence-electron chi connectivity index (χ0n) is 26.8. The number of esters is 1. The third-order valence-corrected chi connectivity index (χ3v) is 7.97. The maximum Gasteiger partial charge on any atom is 0.335 e. The molecule has 0 aromatic heterocycles. The highest BCUT2D eigenvalue weighted by Gasteiger charge is 2.35. The van der Waals surface area contributed by atoms with E-state index in [0.29, 0.717) is 11.5 Å². The van der Waals surface area contributed by atoms with E-state index in [1.165, 1.54) is 58.3 Å². The molecule has 0 radical (unpaired) electrons. The third-order valence-electron chi connectivity index (χ3n) is 7.97. The van der Waals surface area contributed by atoms with E-state index in [2.05, 4.69) is 13.8 Å². The number of hydrogen-bond donors (Lipinski definition) is 5. The van der Waals surface area contributed by atoms with Gasteiger partial charge >= 0.3 is 11.9 Å². The van der Waals surface area contributed by atoms with Crippen molar-refractivity contribution in [1.82, 2.24) is 0 Å². The second-order valence-electron chi connectivity index (χ2n) is 12.2. The highest BCUT2D eigenvalue weighted by atomic mass is 16.6. The molecule has 42 heavy (non-hydrogen) atoms. The zero-order valence-corrected chi connectivity index (χ0v) is 26.8. The van der Waals surface area contributed by atoms with Gasteiger partial charge in [-0.3, -0.25) is 9.59 Å². The Kier molecular flexibility index (Phi) is 22.6.